The van der Waals surface area contributed by atoms with Gasteiger partial charge in [-0.05, 0) is 46.3 Å². The molecule has 0 atom stereocenters. The number of hydrogen-bond donors (Lipinski definition) is 2. The van der Waals surface area contributed by atoms with Crippen molar-refractivity contribution in [3.8, 4) is 0 Å². The maximum atomic E-state index is 11.9. The molecule has 1 aliphatic rings. The number of pyridine rings is 1. The van der Waals surface area contributed by atoms with E-state index in [1.807, 2.05) is 0 Å². The lowest BCUT2D eigenvalue weighted by molar-refractivity contribution is -0.141. The van der Waals surface area contributed by atoms with Crippen LogP contribution in [0.4, 0.5) is 0 Å². The Morgan fingerprint density at radius 1 is 1.42 bits per heavy atom. The highest BCUT2D eigenvalue weighted by Gasteiger charge is 2.39. The minimum atomic E-state index is -0.810. The van der Waals surface area contributed by atoms with Crippen LogP contribution in [0.25, 0.3) is 0 Å². The van der Waals surface area contributed by atoms with Crippen molar-refractivity contribution in [2.24, 2.45) is 5.41 Å². The minimum absolute atomic E-state index is 0.112. The fraction of sp³-hybridized carbons (Fsp3) is 0.462. The van der Waals surface area contributed by atoms with E-state index >= 15 is 0 Å². The lowest BCUT2D eigenvalue weighted by Crippen LogP contribution is -2.43. The van der Waals surface area contributed by atoms with Crippen molar-refractivity contribution < 1.29 is 14.7 Å². The Morgan fingerprint density at radius 3 is 2.63 bits per heavy atom. The van der Waals surface area contributed by atoms with Gasteiger partial charge in [0.05, 0.1) is 6.42 Å². The van der Waals surface area contributed by atoms with Crippen LogP contribution in [0, 0.1) is 5.41 Å². The summed E-state index contributed by atoms with van der Waals surface area (Å²) in [5.74, 6) is -1.07. The summed E-state index contributed by atoms with van der Waals surface area (Å²) in [7, 11) is 0. The van der Waals surface area contributed by atoms with Crippen molar-refractivity contribution in [1.82, 2.24) is 10.3 Å². The third kappa shape index (κ3) is 3.53. The predicted octanol–water partition coefficient (Wildman–Crippen LogP) is 2.22. The van der Waals surface area contributed by atoms with Crippen molar-refractivity contribution in [1.29, 1.82) is 0 Å². The van der Waals surface area contributed by atoms with Crippen molar-refractivity contribution in [2.45, 2.75) is 25.7 Å². The average Bonchev–Trinajstić information content (AvgIpc) is 2.32. The van der Waals surface area contributed by atoms with E-state index < -0.39 is 5.97 Å². The second-order valence-corrected chi connectivity index (χ2v) is 5.88. The Balaban J connectivity index is 1.92. The highest BCUT2D eigenvalue weighted by molar-refractivity contribution is 9.10. The van der Waals surface area contributed by atoms with Gasteiger partial charge < -0.3 is 10.4 Å². The minimum Gasteiger partial charge on any atom is -0.481 e. The van der Waals surface area contributed by atoms with E-state index in [0.29, 0.717) is 12.2 Å². The number of halogens is 1. The average molecular weight is 327 g/mol. The smallest absolute Gasteiger partial charge is 0.303 e. The second-order valence-electron chi connectivity index (χ2n) is 4.97. The number of aliphatic carboxylic acids is 1. The summed E-state index contributed by atoms with van der Waals surface area (Å²) in [6.45, 7) is 0.399. The fourth-order valence-corrected chi connectivity index (χ4v) is 2.52. The van der Waals surface area contributed by atoms with E-state index in [0.717, 1.165) is 23.7 Å². The number of rotatable bonds is 5. The van der Waals surface area contributed by atoms with Crippen LogP contribution < -0.4 is 5.32 Å². The molecule has 0 bridgehead atoms. The lowest BCUT2D eigenvalue weighted by Gasteiger charge is -2.40. The van der Waals surface area contributed by atoms with Gasteiger partial charge in [-0.2, -0.15) is 0 Å². The number of carboxylic acids is 1. The summed E-state index contributed by atoms with van der Waals surface area (Å²) in [6.07, 6.45) is 4.41. The molecule has 0 aromatic carbocycles. The number of nitrogens with one attached hydrogen (secondary N) is 1. The summed E-state index contributed by atoms with van der Waals surface area (Å²) in [6, 6.07) is 3.38. The van der Waals surface area contributed by atoms with Gasteiger partial charge >= 0.3 is 5.97 Å². The molecule has 5 nitrogen and oxygen atoms in total. The van der Waals surface area contributed by atoms with Crippen LogP contribution in [0.15, 0.2) is 22.8 Å². The third-order valence-electron chi connectivity index (χ3n) is 3.52. The predicted molar refractivity (Wildman–Crippen MR) is 72.8 cm³/mol. The summed E-state index contributed by atoms with van der Waals surface area (Å²) in [4.78, 5) is 26.7. The van der Waals surface area contributed by atoms with Crippen molar-refractivity contribution >= 4 is 27.8 Å². The zero-order chi connectivity index (χ0) is 13.9. The molecule has 1 amide bonds. The zero-order valence-electron chi connectivity index (χ0n) is 10.4. The first-order valence-electron chi connectivity index (χ1n) is 6.12. The molecule has 1 aromatic rings. The molecule has 0 saturated heterocycles. The Hall–Kier alpha value is -1.43. The molecule has 1 fully saturated rings. The first-order chi connectivity index (χ1) is 9.01. The molecule has 19 heavy (non-hydrogen) atoms. The van der Waals surface area contributed by atoms with Gasteiger partial charge in [0, 0.05) is 17.2 Å². The van der Waals surface area contributed by atoms with E-state index in [9.17, 15) is 9.59 Å². The van der Waals surface area contributed by atoms with E-state index in [1.165, 1.54) is 0 Å². The van der Waals surface area contributed by atoms with Crippen molar-refractivity contribution in [2.75, 3.05) is 6.54 Å². The molecule has 1 aliphatic carbocycles. The highest BCUT2D eigenvalue weighted by Crippen LogP contribution is 2.43. The van der Waals surface area contributed by atoms with Crippen molar-refractivity contribution in [3.63, 3.8) is 0 Å². The Morgan fingerprint density at radius 2 is 2.16 bits per heavy atom. The van der Waals surface area contributed by atoms with Gasteiger partial charge in [0.2, 0.25) is 0 Å². The second kappa shape index (κ2) is 5.69. The van der Waals surface area contributed by atoms with Crippen LogP contribution in [0.3, 0.4) is 0 Å². The van der Waals surface area contributed by atoms with Crippen LogP contribution in [0.1, 0.15) is 36.2 Å². The normalized spacial score (nSPS) is 16.5. The number of carboxylic acid groups (broad SMARTS) is 1. The monoisotopic (exact) mass is 326 g/mol. The number of aromatic nitrogens is 1. The van der Waals surface area contributed by atoms with Crippen LogP contribution in [0.5, 0.6) is 0 Å². The molecule has 0 radical (unpaired) electrons. The van der Waals surface area contributed by atoms with E-state index in [-0.39, 0.29) is 17.7 Å². The zero-order valence-corrected chi connectivity index (χ0v) is 11.9. The molecule has 0 spiro atoms. The molecule has 1 saturated carbocycles. The SMILES string of the molecule is O=C(O)CC1(CNC(=O)c2ccc(Br)cn2)CCC1. The maximum absolute atomic E-state index is 11.9. The van der Waals surface area contributed by atoms with Gasteiger partial charge in [0.1, 0.15) is 5.69 Å². The first-order valence-corrected chi connectivity index (χ1v) is 6.92. The van der Waals surface area contributed by atoms with Crippen LogP contribution in [0.2, 0.25) is 0 Å². The molecule has 2 rings (SSSR count). The molecule has 0 unspecified atom stereocenters. The highest BCUT2D eigenvalue weighted by atomic mass is 79.9. The van der Waals surface area contributed by atoms with Gasteiger partial charge in [-0.25, -0.2) is 4.98 Å². The topological polar surface area (TPSA) is 79.3 Å². The number of carbonyl (C=O) groups excluding carboxylic acids is 1. The van der Waals surface area contributed by atoms with Gasteiger partial charge in [-0.1, -0.05) is 6.42 Å². The van der Waals surface area contributed by atoms with Gasteiger partial charge in [-0.3, -0.25) is 9.59 Å². The molecule has 0 aliphatic heterocycles. The third-order valence-corrected chi connectivity index (χ3v) is 3.99. The molecule has 1 aromatic heterocycles. The van der Waals surface area contributed by atoms with Gasteiger partial charge in [-0.15, -0.1) is 0 Å². The number of nitrogens with zero attached hydrogens (tertiary/aromatic N) is 1. The summed E-state index contributed by atoms with van der Waals surface area (Å²) >= 11 is 3.25. The molecular weight excluding hydrogens is 312 g/mol. The molecule has 2 N–H and O–H groups in total. The summed E-state index contributed by atoms with van der Waals surface area (Å²) in [5, 5.41) is 11.7. The molecule has 102 valence electrons. The lowest BCUT2D eigenvalue weighted by atomic mass is 9.66. The fourth-order valence-electron chi connectivity index (χ4n) is 2.28. The summed E-state index contributed by atoms with van der Waals surface area (Å²) in [5.41, 5.74) is 0.0737. The summed E-state index contributed by atoms with van der Waals surface area (Å²) < 4.78 is 0.811. The van der Waals surface area contributed by atoms with Crippen LogP contribution in [-0.2, 0) is 4.79 Å². The van der Waals surface area contributed by atoms with Crippen molar-refractivity contribution in [3.05, 3.63) is 28.5 Å². The largest absolute Gasteiger partial charge is 0.481 e. The Kier molecular flexibility index (Phi) is 4.19. The van der Waals surface area contributed by atoms with Gasteiger partial charge in [0.25, 0.3) is 5.91 Å². The Bertz CT molecular complexity index is 483. The number of hydrogen-bond acceptors (Lipinski definition) is 3. The van der Waals surface area contributed by atoms with E-state index in [2.05, 4.69) is 26.2 Å². The molecular formula is C13H15BrN2O3. The standard InChI is InChI=1S/C13H15BrN2O3/c14-9-2-3-10(15-7-9)12(19)16-8-13(4-1-5-13)6-11(17)18/h2-3,7H,1,4-6,8H2,(H,16,19)(H,17,18). The number of amides is 1. The molecule has 1 heterocycles. The maximum Gasteiger partial charge on any atom is 0.303 e. The van der Waals surface area contributed by atoms with E-state index in [1.54, 1.807) is 18.3 Å². The van der Waals surface area contributed by atoms with Crippen LogP contribution in [-0.4, -0.2) is 28.5 Å². The molecule has 6 heteroatoms. The first kappa shape index (κ1) is 14.0. The Labute approximate surface area is 119 Å². The number of carbonyl (C=O) groups is 2. The quantitative estimate of drug-likeness (QED) is 0.869. The van der Waals surface area contributed by atoms with Crippen LogP contribution >= 0.6 is 15.9 Å². The van der Waals surface area contributed by atoms with Gasteiger partial charge in [0.15, 0.2) is 0 Å². The van der Waals surface area contributed by atoms with E-state index in [4.69, 9.17) is 5.11 Å².